The fraction of sp³-hybridized carbons (Fsp3) is 0. The molecule has 0 saturated heterocycles. The molecule has 0 fully saturated rings. The molecule has 0 radical (unpaired) electrons. The fourth-order valence-electron chi connectivity index (χ4n) is 1.10. The van der Waals surface area contributed by atoms with E-state index in [0.717, 1.165) is 33.0 Å². The van der Waals surface area contributed by atoms with E-state index in [1.165, 1.54) is 2.81 Å². The summed E-state index contributed by atoms with van der Waals surface area (Å²) in [7, 11) is 0. The summed E-state index contributed by atoms with van der Waals surface area (Å²) in [6.45, 7) is 0. The standard InChI is InChI=1S/C7H5ClO.C6H4Cl.Na/c8-7(9)6-4-2-1-3-5-6;7-6-4-2-1-3-5-6;/h1-5H;2-5H;. The molecule has 0 saturated carbocycles. The van der Waals surface area contributed by atoms with E-state index < -0.39 is 5.24 Å². The number of hydrogen-bond donors (Lipinski definition) is 0. The van der Waals surface area contributed by atoms with Gasteiger partial charge >= 0.3 is 71.6 Å². The molecule has 0 heterocycles. The van der Waals surface area contributed by atoms with Crippen LogP contribution in [-0.2, 0) is 0 Å². The summed E-state index contributed by atoms with van der Waals surface area (Å²) < 4.78 is 1.38. The van der Waals surface area contributed by atoms with Gasteiger partial charge in [0.15, 0.2) is 0 Å². The third-order valence-corrected chi connectivity index (χ3v) is 3.15. The Kier molecular flexibility index (Phi) is 6.86. The van der Waals surface area contributed by atoms with Gasteiger partial charge in [0.05, 0.1) is 0 Å². The molecule has 17 heavy (non-hydrogen) atoms. The average molecular weight is 275 g/mol. The zero-order valence-electron chi connectivity index (χ0n) is 9.36. The van der Waals surface area contributed by atoms with Gasteiger partial charge in [-0.05, 0) is 11.6 Å². The van der Waals surface area contributed by atoms with Crippen LogP contribution in [0, 0.1) is 0 Å². The molecule has 0 amide bonds. The van der Waals surface area contributed by atoms with Gasteiger partial charge in [-0.15, -0.1) is 0 Å². The van der Waals surface area contributed by atoms with Crippen LogP contribution in [0.2, 0.25) is 5.02 Å². The van der Waals surface area contributed by atoms with Crippen molar-refractivity contribution < 1.29 is 4.79 Å². The van der Waals surface area contributed by atoms with Crippen LogP contribution in [0.1, 0.15) is 10.4 Å². The zero-order valence-corrected chi connectivity index (χ0v) is 12.9. The first-order chi connectivity index (χ1) is 8.09. The van der Waals surface area contributed by atoms with Crippen molar-refractivity contribution in [1.29, 1.82) is 0 Å². The van der Waals surface area contributed by atoms with Gasteiger partial charge in [-0.25, -0.2) is 0 Å². The summed E-state index contributed by atoms with van der Waals surface area (Å²) in [6.07, 6.45) is 0. The molecule has 0 spiro atoms. The van der Waals surface area contributed by atoms with Crippen LogP contribution in [0.4, 0.5) is 0 Å². The molecule has 2 rings (SSSR count). The van der Waals surface area contributed by atoms with Crippen molar-refractivity contribution in [3.05, 3.63) is 65.2 Å². The Balaban J connectivity index is 0.000000171. The summed E-state index contributed by atoms with van der Waals surface area (Å²) in [5.41, 5.74) is 0.541. The average Bonchev–Trinajstić information content (AvgIpc) is 2.35. The van der Waals surface area contributed by atoms with Gasteiger partial charge in [-0.2, -0.15) is 0 Å². The Hall–Kier alpha value is -0.310. The second kappa shape index (κ2) is 7.91. The summed E-state index contributed by atoms with van der Waals surface area (Å²) in [4.78, 5) is 10.4. The first-order valence-corrected chi connectivity index (χ1v) is 6.82. The molecule has 0 unspecified atom stereocenters. The van der Waals surface area contributed by atoms with Gasteiger partial charge in [0.25, 0.3) is 5.24 Å². The van der Waals surface area contributed by atoms with Crippen LogP contribution < -0.4 is 2.81 Å². The van der Waals surface area contributed by atoms with Crippen LogP contribution >= 0.6 is 23.2 Å². The van der Waals surface area contributed by atoms with E-state index in [1.807, 2.05) is 18.2 Å². The Morgan fingerprint density at radius 2 is 1.47 bits per heavy atom. The Labute approximate surface area is 128 Å². The van der Waals surface area contributed by atoms with Crippen LogP contribution in [0.15, 0.2) is 54.6 Å². The van der Waals surface area contributed by atoms with Crippen molar-refractivity contribution in [3.63, 3.8) is 0 Å². The van der Waals surface area contributed by atoms with Gasteiger partial charge in [0, 0.05) is 5.56 Å². The molecule has 0 atom stereocenters. The molecule has 2 aromatic rings. The minimum atomic E-state index is -0.407. The van der Waals surface area contributed by atoms with Gasteiger partial charge in [0.1, 0.15) is 0 Å². The van der Waals surface area contributed by atoms with Crippen molar-refractivity contribution >= 4 is 59.2 Å². The van der Waals surface area contributed by atoms with Crippen LogP contribution in [-0.4, -0.2) is 33.2 Å². The molecular weight excluding hydrogens is 266 g/mol. The third kappa shape index (κ3) is 6.25. The number of carbonyl (C=O) groups excluding carboxylic acids is 1. The van der Waals surface area contributed by atoms with Crippen LogP contribution in [0.25, 0.3) is 0 Å². The van der Waals surface area contributed by atoms with Gasteiger partial charge in [0.2, 0.25) is 0 Å². The number of halogens is 2. The molecule has 4 heteroatoms. The van der Waals surface area contributed by atoms with Crippen molar-refractivity contribution in [2.75, 3.05) is 0 Å². The Morgan fingerprint density at radius 3 is 1.82 bits per heavy atom. The topological polar surface area (TPSA) is 17.1 Å². The molecule has 0 aliphatic carbocycles. The number of carbonyl (C=O) groups is 1. The first-order valence-electron chi connectivity index (χ1n) is 5.06. The molecule has 0 N–H and O–H groups in total. The van der Waals surface area contributed by atoms with E-state index in [0.29, 0.717) is 5.56 Å². The molecular formula is C13H9Cl2NaO. The van der Waals surface area contributed by atoms with Crippen LogP contribution in [0.3, 0.4) is 0 Å². The SMILES string of the molecule is O=C(Cl)c1ccccc1.[Na][c]1ccc(Cl)cc1. The number of benzene rings is 2. The second-order valence-electron chi connectivity index (χ2n) is 3.44. The number of hydrogen-bond acceptors (Lipinski definition) is 1. The molecule has 0 aliphatic rings. The van der Waals surface area contributed by atoms with Crippen molar-refractivity contribution in [1.82, 2.24) is 0 Å². The minimum absolute atomic E-state index is 0.407. The van der Waals surface area contributed by atoms with E-state index >= 15 is 0 Å². The number of rotatable bonds is 1. The van der Waals surface area contributed by atoms with Crippen molar-refractivity contribution in [2.45, 2.75) is 0 Å². The molecule has 82 valence electrons. The quantitative estimate of drug-likeness (QED) is 0.577. The summed E-state index contributed by atoms with van der Waals surface area (Å²) in [6, 6.07) is 16.7. The van der Waals surface area contributed by atoms with Crippen molar-refractivity contribution in [3.8, 4) is 0 Å². The third-order valence-electron chi connectivity index (χ3n) is 2.01. The van der Waals surface area contributed by atoms with E-state index in [-0.39, 0.29) is 0 Å². The van der Waals surface area contributed by atoms with E-state index in [9.17, 15) is 4.79 Å². The predicted molar refractivity (Wildman–Crippen MR) is 73.5 cm³/mol. The Morgan fingerprint density at radius 1 is 0.941 bits per heavy atom. The predicted octanol–water partition coefficient (Wildman–Crippen LogP) is 3.20. The van der Waals surface area contributed by atoms with Gasteiger partial charge < -0.3 is 0 Å². The fourth-order valence-corrected chi connectivity index (χ4v) is 1.69. The molecule has 0 aliphatic heterocycles. The van der Waals surface area contributed by atoms with E-state index in [1.54, 1.807) is 24.3 Å². The molecule has 0 aromatic heterocycles. The van der Waals surface area contributed by atoms with Gasteiger partial charge in [-0.3, -0.25) is 4.79 Å². The van der Waals surface area contributed by atoms with Crippen LogP contribution in [0.5, 0.6) is 0 Å². The second-order valence-corrected chi connectivity index (χ2v) is 5.37. The summed E-state index contributed by atoms with van der Waals surface area (Å²) in [5.74, 6) is 0. The first kappa shape index (κ1) is 14.7. The normalized spacial score (nSPS) is 9.18. The molecule has 0 bridgehead atoms. The summed E-state index contributed by atoms with van der Waals surface area (Å²) in [5, 5.41) is 0.417. The van der Waals surface area contributed by atoms with E-state index in [2.05, 4.69) is 12.1 Å². The summed E-state index contributed by atoms with van der Waals surface area (Å²) >= 11 is 11.9. The van der Waals surface area contributed by atoms with Crippen molar-refractivity contribution in [2.24, 2.45) is 0 Å². The molecule has 2 aromatic carbocycles. The maximum atomic E-state index is 10.4. The monoisotopic (exact) mass is 274 g/mol. The Bertz CT molecular complexity index is 448. The van der Waals surface area contributed by atoms with Gasteiger partial charge in [-0.1, -0.05) is 30.3 Å². The molecule has 1 nitrogen and oxygen atoms in total. The zero-order chi connectivity index (χ0) is 12.7. The van der Waals surface area contributed by atoms with E-state index in [4.69, 9.17) is 23.2 Å². The maximum absolute atomic E-state index is 10.4.